The molecule has 2 radical (unpaired) electrons. The number of hydrogen-bond donors (Lipinski definition) is 0. The van der Waals surface area contributed by atoms with Crippen molar-refractivity contribution in [2.45, 2.75) is 6.92 Å². The van der Waals surface area contributed by atoms with E-state index in [0.29, 0.717) is 11.0 Å². The van der Waals surface area contributed by atoms with Crippen molar-refractivity contribution in [2.24, 2.45) is 0 Å². The van der Waals surface area contributed by atoms with Crippen LogP contribution >= 0.6 is 0 Å². The fourth-order valence-corrected chi connectivity index (χ4v) is 0.800. The van der Waals surface area contributed by atoms with Crippen molar-refractivity contribution in [3.63, 3.8) is 0 Å². The first-order valence-electron chi connectivity index (χ1n) is 3.06. The van der Waals surface area contributed by atoms with Gasteiger partial charge in [-0.1, -0.05) is 23.7 Å². The van der Waals surface area contributed by atoms with Crippen LogP contribution in [0.5, 0.6) is 0 Å². The molecule has 2 heteroatoms. The number of rotatable bonds is 1. The summed E-state index contributed by atoms with van der Waals surface area (Å²) in [6.45, 7) is 1.83. The zero-order valence-corrected chi connectivity index (χ0v) is 5.79. The molecule has 0 unspecified atom stereocenters. The molecule has 0 aliphatic carbocycles. The van der Waals surface area contributed by atoms with Gasteiger partial charge in [-0.3, -0.25) is 4.79 Å². The second-order valence-electron chi connectivity index (χ2n) is 2.18. The molecule has 10 heavy (non-hydrogen) atoms. The Kier molecular flexibility index (Phi) is 1.90. The van der Waals surface area contributed by atoms with Gasteiger partial charge in [0.15, 0.2) is 0 Å². The lowest BCUT2D eigenvalue weighted by molar-refractivity contribution is 0.112. The van der Waals surface area contributed by atoms with E-state index in [1.807, 2.05) is 6.92 Å². The zero-order chi connectivity index (χ0) is 7.56. The average Bonchev–Trinajstić information content (AvgIpc) is 1.95. The smallest absolute Gasteiger partial charge is 0.150 e. The normalized spacial score (nSPS) is 9.30. The standard InChI is InChI=1S/C8H7BO/c1-6-7(5-10)3-2-4-8(6)9/h2-5H,1H3. The molecule has 0 amide bonds. The molecule has 0 fully saturated rings. The molecule has 0 spiro atoms. The Bertz CT molecular complexity index is 255. The third-order valence-corrected chi connectivity index (χ3v) is 1.54. The number of aldehydes is 1. The Morgan fingerprint density at radius 1 is 1.50 bits per heavy atom. The minimum absolute atomic E-state index is 0.667. The second kappa shape index (κ2) is 2.69. The lowest BCUT2D eigenvalue weighted by Gasteiger charge is -2.00. The first-order valence-corrected chi connectivity index (χ1v) is 3.06. The van der Waals surface area contributed by atoms with Gasteiger partial charge < -0.3 is 0 Å². The maximum Gasteiger partial charge on any atom is 0.150 e. The molecule has 0 N–H and O–H groups in total. The van der Waals surface area contributed by atoms with Crippen LogP contribution in [0.3, 0.4) is 0 Å². The van der Waals surface area contributed by atoms with Gasteiger partial charge in [-0.05, 0) is 12.5 Å². The van der Waals surface area contributed by atoms with E-state index in [9.17, 15) is 4.79 Å². The van der Waals surface area contributed by atoms with Crippen molar-refractivity contribution in [1.82, 2.24) is 0 Å². The van der Waals surface area contributed by atoms with E-state index in [2.05, 4.69) is 0 Å². The maximum absolute atomic E-state index is 10.3. The summed E-state index contributed by atoms with van der Waals surface area (Å²) >= 11 is 0. The lowest BCUT2D eigenvalue weighted by atomic mass is 9.89. The molecule has 0 heterocycles. The van der Waals surface area contributed by atoms with Gasteiger partial charge >= 0.3 is 0 Å². The first-order chi connectivity index (χ1) is 4.75. The molecular weight excluding hydrogens is 123 g/mol. The summed E-state index contributed by atoms with van der Waals surface area (Å²) in [5.41, 5.74) is 2.20. The van der Waals surface area contributed by atoms with Crippen LogP contribution in [0.25, 0.3) is 0 Å². The maximum atomic E-state index is 10.3. The Morgan fingerprint density at radius 2 is 2.20 bits per heavy atom. The predicted molar refractivity (Wildman–Crippen MR) is 42.0 cm³/mol. The molecular formula is C8H7BO. The fraction of sp³-hybridized carbons (Fsp3) is 0.125. The Hall–Kier alpha value is -1.05. The predicted octanol–water partition coefficient (Wildman–Crippen LogP) is 0.601. The van der Waals surface area contributed by atoms with Gasteiger partial charge in [-0.15, -0.1) is 0 Å². The molecule has 0 atom stereocenters. The monoisotopic (exact) mass is 130 g/mol. The quantitative estimate of drug-likeness (QED) is 0.401. The third kappa shape index (κ3) is 1.10. The molecule has 0 saturated carbocycles. The second-order valence-corrected chi connectivity index (χ2v) is 2.18. The van der Waals surface area contributed by atoms with E-state index in [1.54, 1.807) is 18.2 Å². The minimum Gasteiger partial charge on any atom is -0.298 e. The highest BCUT2D eigenvalue weighted by atomic mass is 16.1. The summed E-state index contributed by atoms with van der Waals surface area (Å²) in [6, 6.07) is 5.30. The molecule has 1 nitrogen and oxygen atoms in total. The number of benzene rings is 1. The minimum atomic E-state index is 0.667. The van der Waals surface area contributed by atoms with Crippen LogP contribution in [0.4, 0.5) is 0 Å². The Balaban J connectivity index is 3.27. The van der Waals surface area contributed by atoms with Crippen LogP contribution in [-0.4, -0.2) is 14.1 Å². The van der Waals surface area contributed by atoms with Crippen molar-refractivity contribution >= 4 is 19.6 Å². The molecule has 48 valence electrons. The van der Waals surface area contributed by atoms with E-state index < -0.39 is 0 Å². The van der Waals surface area contributed by atoms with Crippen LogP contribution in [-0.2, 0) is 0 Å². The summed E-state index contributed by atoms with van der Waals surface area (Å²) < 4.78 is 0. The van der Waals surface area contributed by atoms with Crippen LogP contribution in [0.1, 0.15) is 15.9 Å². The van der Waals surface area contributed by atoms with Crippen molar-refractivity contribution in [2.75, 3.05) is 0 Å². The molecule has 0 aliphatic heterocycles. The summed E-state index contributed by atoms with van der Waals surface area (Å²) in [6.07, 6.45) is 0.811. The van der Waals surface area contributed by atoms with Gasteiger partial charge in [0.1, 0.15) is 14.1 Å². The molecule has 0 aliphatic rings. The number of carbonyl (C=O) groups is 1. The SMILES string of the molecule is [B]c1cccc(C=O)c1C. The van der Waals surface area contributed by atoms with E-state index >= 15 is 0 Å². The molecule has 0 aromatic heterocycles. The summed E-state index contributed by atoms with van der Waals surface area (Å²) in [5.74, 6) is 0. The van der Waals surface area contributed by atoms with Gasteiger partial charge in [0, 0.05) is 5.56 Å². The molecule has 0 bridgehead atoms. The molecule has 0 saturated heterocycles. The Labute approximate surface area is 61.5 Å². The summed E-state index contributed by atoms with van der Waals surface area (Å²) in [5, 5.41) is 0. The van der Waals surface area contributed by atoms with Crippen molar-refractivity contribution in [3.8, 4) is 0 Å². The first kappa shape index (κ1) is 7.07. The highest BCUT2D eigenvalue weighted by molar-refractivity contribution is 6.33. The van der Waals surface area contributed by atoms with Gasteiger partial charge in [0.05, 0.1) is 0 Å². The fourth-order valence-electron chi connectivity index (χ4n) is 0.800. The molecule has 1 rings (SSSR count). The van der Waals surface area contributed by atoms with Gasteiger partial charge in [0.2, 0.25) is 0 Å². The van der Waals surface area contributed by atoms with Gasteiger partial charge in [0.25, 0.3) is 0 Å². The number of carbonyl (C=O) groups excluding carboxylic acids is 1. The highest BCUT2D eigenvalue weighted by Crippen LogP contribution is 1.99. The lowest BCUT2D eigenvalue weighted by Crippen LogP contribution is -2.08. The highest BCUT2D eigenvalue weighted by Gasteiger charge is 1.95. The molecule has 1 aromatic rings. The van der Waals surface area contributed by atoms with Crippen LogP contribution < -0.4 is 5.46 Å². The van der Waals surface area contributed by atoms with Gasteiger partial charge in [-0.25, -0.2) is 0 Å². The van der Waals surface area contributed by atoms with Crippen LogP contribution in [0, 0.1) is 6.92 Å². The summed E-state index contributed by atoms with van der Waals surface area (Å²) in [7, 11) is 5.54. The van der Waals surface area contributed by atoms with Crippen molar-refractivity contribution in [3.05, 3.63) is 29.3 Å². The van der Waals surface area contributed by atoms with Crippen LogP contribution in [0.15, 0.2) is 18.2 Å². The van der Waals surface area contributed by atoms with Crippen molar-refractivity contribution < 1.29 is 4.79 Å². The van der Waals surface area contributed by atoms with E-state index in [0.717, 1.165) is 11.8 Å². The third-order valence-electron chi connectivity index (χ3n) is 1.54. The average molecular weight is 130 g/mol. The van der Waals surface area contributed by atoms with E-state index in [1.165, 1.54) is 0 Å². The van der Waals surface area contributed by atoms with E-state index in [-0.39, 0.29) is 0 Å². The zero-order valence-electron chi connectivity index (χ0n) is 5.79. The van der Waals surface area contributed by atoms with Crippen molar-refractivity contribution in [1.29, 1.82) is 0 Å². The molecule has 1 aromatic carbocycles. The number of hydrogen-bond acceptors (Lipinski definition) is 1. The van der Waals surface area contributed by atoms with E-state index in [4.69, 9.17) is 7.85 Å². The largest absolute Gasteiger partial charge is 0.298 e. The Morgan fingerprint density at radius 3 is 2.70 bits per heavy atom. The van der Waals surface area contributed by atoms with Gasteiger partial charge in [-0.2, -0.15) is 0 Å². The summed E-state index contributed by atoms with van der Waals surface area (Å²) in [4.78, 5) is 10.3. The van der Waals surface area contributed by atoms with Crippen LogP contribution in [0.2, 0.25) is 0 Å². The topological polar surface area (TPSA) is 17.1 Å².